The lowest BCUT2D eigenvalue weighted by Gasteiger charge is -1.95. The first-order valence-electron chi connectivity index (χ1n) is 2.98. The Morgan fingerprint density at radius 1 is 1.55 bits per heavy atom. The topological polar surface area (TPSA) is 75.7 Å². The van der Waals surface area contributed by atoms with Crippen molar-refractivity contribution in [2.45, 2.75) is 6.42 Å². The van der Waals surface area contributed by atoms with Gasteiger partial charge in [-0.1, -0.05) is 0 Å². The van der Waals surface area contributed by atoms with E-state index in [1.165, 1.54) is 0 Å². The molecule has 3 N–H and O–H groups in total. The van der Waals surface area contributed by atoms with Crippen LogP contribution in [0.5, 0.6) is 0 Å². The molecule has 0 aromatic carbocycles. The van der Waals surface area contributed by atoms with E-state index in [9.17, 15) is 0 Å². The van der Waals surface area contributed by atoms with Crippen LogP contribution in [0.25, 0.3) is 0 Å². The molecule has 5 heteroatoms. The van der Waals surface area contributed by atoms with Gasteiger partial charge in [0.1, 0.15) is 5.82 Å². The number of hydrogen-bond acceptors (Lipinski definition) is 3. The molecular weight excluding hydrogens is 208 g/mol. The zero-order chi connectivity index (χ0) is 8.27. The van der Waals surface area contributed by atoms with E-state index in [1.54, 1.807) is 12.4 Å². The summed E-state index contributed by atoms with van der Waals surface area (Å²) in [6.45, 7) is 0. The molecule has 1 rings (SSSR count). The van der Waals surface area contributed by atoms with Crippen molar-refractivity contribution in [2.75, 3.05) is 0 Å². The highest BCUT2D eigenvalue weighted by Crippen LogP contribution is 2.04. The van der Waals surface area contributed by atoms with Crippen molar-refractivity contribution in [1.29, 1.82) is 5.41 Å². The molecule has 11 heavy (non-hydrogen) atoms. The minimum absolute atomic E-state index is 0.0762. The highest BCUT2D eigenvalue weighted by atomic mass is 79.9. The summed E-state index contributed by atoms with van der Waals surface area (Å²) in [6, 6.07) is 0. The fraction of sp³-hybridized carbons (Fsp3) is 0.167. The third-order valence-corrected chi connectivity index (χ3v) is 1.43. The molecule has 0 bridgehead atoms. The van der Waals surface area contributed by atoms with E-state index in [0.717, 1.165) is 4.47 Å². The quantitative estimate of drug-likeness (QED) is 0.563. The summed E-state index contributed by atoms with van der Waals surface area (Å²) in [7, 11) is 0. The Balaban J connectivity index is 2.74. The molecule has 1 heterocycles. The van der Waals surface area contributed by atoms with Gasteiger partial charge in [-0.05, 0) is 15.9 Å². The van der Waals surface area contributed by atoms with Gasteiger partial charge in [0.25, 0.3) is 0 Å². The summed E-state index contributed by atoms with van der Waals surface area (Å²) in [6.07, 6.45) is 3.57. The molecule has 0 radical (unpaired) electrons. The van der Waals surface area contributed by atoms with Crippen molar-refractivity contribution in [3.8, 4) is 0 Å². The van der Waals surface area contributed by atoms with Crippen LogP contribution in [-0.4, -0.2) is 15.8 Å². The second-order valence-electron chi connectivity index (χ2n) is 2.02. The first-order chi connectivity index (χ1) is 5.18. The fourth-order valence-electron chi connectivity index (χ4n) is 0.601. The minimum atomic E-state index is 0.0762. The molecule has 4 nitrogen and oxygen atoms in total. The third kappa shape index (κ3) is 2.63. The molecule has 0 aliphatic carbocycles. The maximum absolute atomic E-state index is 6.97. The monoisotopic (exact) mass is 214 g/mol. The second kappa shape index (κ2) is 3.43. The predicted octanol–water partition coefficient (Wildman–Crippen LogP) is 0.718. The molecule has 58 valence electrons. The average Bonchev–Trinajstić information content (AvgIpc) is 1.93. The lowest BCUT2D eigenvalue weighted by molar-refractivity contribution is 0.991. The Labute approximate surface area is 72.5 Å². The Bertz CT molecular complexity index is 256. The van der Waals surface area contributed by atoms with Crippen LogP contribution < -0.4 is 5.73 Å². The van der Waals surface area contributed by atoms with Gasteiger partial charge < -0.3 is 5.73 Å². The van der Waals surface area contributed by atoms with Gasteiger partial charge in [-0.25, -0.2) is 9.97 Å². The number of nitrogens with one attached hydrogen (secondary N) is 1. The number of nitrogens with zero attached hydrogens (tertiary/aromatic N) is 2. The Morgan fingerprint density at radius 2 is 2.09 bits per heavy atom. The van der Waals surface area contributed by atoms with Crippen molar-refractivity contribution in [1.82, 2.24) is 9.97 Å². The number of nitrogens with two attached hydrogens (primary N) is 1. The van der Waals surface area contributed by atoms with Crippen LogP contribution in [0.3, 0.4) is 0 Å². The molecule has 0 aliphatic heterocycles. The molecule has 0 atom stereocenters. The van der Waals surface area contributed by atoms with Crippen molar-refractivity contribution in [3.05, 3.63) is 22.7 Å². The van der Waals surface area contributed by atoms with Crippen molar-refractivity contribution < 1.29 is 0 Å². The number of hydrogen-bond donors (Lipinski definition) is 2. The van der Waals surface area contributed by atoms with Crippen LogP contribution in [0.4, 0.5) is 0 Å². The van der Waals surface area contributed by atoms with Crippen LogP contribution in [0.15, 0.2) is 16.9 Å². The van der Waals surface area contributed by atoms with Gasteiger partial charge in [0.2, 0.25) is 0 Å². The zero-order valence-electron chi connectivity index (χ0n) is 5.71. The molecule has 0 amide bonds. The van der Waals surface area contributed by atoms with E-state index in [1.807, 2.05) is 0 Å². The normalized spacial score (nSPS) is 9.55. The van der Waals surface area contributed by atoms with E-state index in [2.05, 4.69) is 25.9 Å². The minimum Gasteiger partial charge on any atom is -0.387 e. The highest BCUT2D eigenvalue weighted by Gasteiger charge is 1.96. The maximum Gasteiger partial charge on any atom is 0.135 e. The molecule has 0 saturated carbocycles. The molecule has 0 aliphatic rings. The predicted molar refractivity (Wildman–Crippen MR) is 45.4 cm³/mol. The summed E-state index contributed by atoms with van der Waals surface area (Å²) >= 11 is 3.20. The largest absolute Gasteiger partial charge is 0.387 e. The van der Waals surface area contributed by atoms with Gasteiger partial charge in [-0.3, -0.25) is 5.41 Å². The SMILES string of the molecule is N=C(N)Cc1ncc(Br)cn1. The molecular formula is C6H7BrN4. The van der Waals surface area contributed by atoms with E-state index in [4.69, 9.17) is 11.1 Å². The van der Waals surface area contributed by atoms with E-state index in [0.29, 0.717) is 12.2 Å². The van der Waals surface area contributed by atoms with Crippen LogP contribution in [0.2, 0.25) is 0 Å². The van der Waals surface area contributed by atoms with Gasteiger partial charge in [-0.15, -0.1) is 0 Å². The van der Waals surface area contributed by atoms with Gasteiger partial charge >= 0.3 is 0 Å². The standard InChI is InChI=1S/C6H7BrN4/c7-4-2-10-6(11-3-4)1-5(8)9/h2-3H,1H2,(H3,8,9). The van der Waals surface area contributed by atoms with Crippen LogP contribution in [0, 0.1) is 5.41 Å². The smallest absolute Gasteiger partial charge is 0.135 e. The molecule has 0 saturated heterocycles. The number of halogens is 1. The van der Waals surface area contributed by atoms with Crippen molar-refractivity contribution >= 4 is 21.8 Å². The summed E-state index contributed by atoms with van der Waals surface area (Å²) in [5, 5.41) is 6.97. The number of amidine groups is 1. The van der Waals surface area contributed by atoms with E-state index < -0.39 is 0 Å². The maximum atomic E-state index is 6.97. The average molecular weight is 215 g/mol. The lowest BCUT2D eigenvalue weighted by Crippen LogP contribution is -2.14. The number of rotatable bonds is 2. The van der Waals surface area contributed by atoms with Crippen molar-refractivity contribution in [3.63, 3.8) is 0 Å². The molecule has 0 unspecified atom stereocenters. The first-order valence-corrected chi connectivity index (χ1v) is 3.77. The van der Waals surface area contributed by atoms with Gasteiger partial charge in [0.15, 0.2) is 0 Å². The molecule has 0 fully saturated rings. The third-order valence-electron chi connectivity index (χ3n) is 1.02. The summed E-state index contributed by atoms with van der Waals surface area (Å²) in [4.78, 5) is 7.88. The van der Waals surface area contributed by atoms with Crippen LogP contribution >= 0.6 is 15.9 Å². The fourth-order valence-corrected chi connectivity index (χ4v) is 0.805. The lowest BCUT2D eigenvalue weighted by atomic mass is 10.4. The zero-order valence-corrected chi connectivity index (χ0v) is 7.30. The Morgan fingerprint density at radius 3 is 2.55 bits per heavy atom. The van der Waals surface area contributed by atoms with E-state index >= 15 is 0 Å². The van der Waals surface area contributed by atoms with E-state index in [-0.39, 0.29) is 5.84 Å². The molecule has 1 aromatic heterocycles. The molecule has 0 spiro atoms. The van der Waals surface area contributed by atoms with Gasteiger partial charge in [0.05, 0.1) is 16.7 Å². The summed E-state index contributed by atoms with van der Waals surface area (Å²) in [5.74, 6) is 0.646. The van der Waals surface area contributed by atoms with Crippen molar-refractivity contribution in [2.24, 2.45) is 5.73 Å². The summed E-state index contributed by atoms with van der Waals surface area (Å²) < 4.78 is 0.824. The Hall–Kier alpha value is -0.970. The second-order valence-corrected chi connectivity index (χ2v) is 2.94. The molecule has 1 aromatic rings. The van der Waals surface area contributed by atoms with Crippen LogP contribution in [0.1, 0.15) is 5.82 Å². The highest BCUT2D eigenvalue weighted by molar-refractivity contribution is 9.10. The first kappa shape index (κ1) is 8.13. The Kier molecular flexibility index (Phi) is 2.53. The van der Waals surface area contributed by atoms with Crippen LogP contribution in [-0.2, 0) is 6.42 Å². The van der Waals surface area contributed by atoms with Gasteiger partial charge in [0, 0.05) is 12.4 Å². The summed E-state index contributed by atoms with van der Waals surface area (Å²) in [5.41, 5.74) is 5.15. The number of aromatic nitrogens is 2. The van der Waals surface area contributed by atoms with Gasteiger partial charge in [-0.2, -0.15) is 0 Å².